The van der Waals surface area contributed by atoms with Crippen molar-refractivity contribution in [2.75, 3.05) is 26.3 Å². The van der Waals surface area contributed by atoms with E-state index in [9.17, 15) is 4.39 Å². The number of likely N-dealkylation sites (tertiary alicyclic amines) is 1. The number of aryl methyl sites for hydroxylation is 2. The lowest BCUT2D eigenvalue weighted by Crippen LogP contribution is -2.40. The van der Waals surface area contributed by atoms with Crippen LogP contribution in [0.2, 0.25) is 0 Å². The van der Waals surface area contributed by atoms with Crippen LogP contribution < -0.4 is 14.2 Å². The number of pyridine rings is 2. The van der Waals surface area contributed by atoms with Crippen LogP contribution in [0.1, 0.15) is 42.9 Å². The maximum absolute atomic E-state index is 14.3. The van der Waals surface area contributed by atoms with Gasteiger partial charge in [-0.3, -0.25) is 9.88 Å². The molecule has 0 aromatic carbocycles. The van der Waals surface area contributed by atoms with Gasteiger partial charge in [0, 0.05) is 30.9 Å². The Morgan fingerprint density at radius 2 is 1.89 bits per heavy atom. The molecule has 1 saturated heterocycles. The molecule has 0 spiro atoms. The number of nitrogens with zero attached hydrogens (tertiary/aromatic N) is 3. The molecule has 150 valence electrons. The first-order valence-corrected chi connectivity index (χ1v) is 9.82. The van der Waals surface area contributed by atoms with E-state index >= 15 is 0 Å². The molecule has 0 bridgehead atoms. The molecule has 4 heterocycles. The predicted molar refractivity (Wildman–Crippen MR) is 103 cm³/mol. The van der Waals surface area contributed by atoms with Crippen LogP contribution in [0.3, 0.4) is 0 Å². The van der Waals surface area contributed by atoms with E-state index in [4.69, 9.17) is 14.2 Å². The molecule has 0 amide bonds. The summed E-state index contributed by atoms with van der Waals surface area (Å²) < 4.78 is 31.4. The summed E-state index contributed by atoms with van der Waals surface area (Å²) in [5, 5.41) is 0. The molecule has 4 rings (SSSR count). The maximum Gasteiger partial charge on any atom is 0.257 e. The summed E-state index contributed by atoms with van der Waals surface area (Å²) >= 11 is 0. The average molecular weight is 387 g/mol. The Hall–Kier alpha value is -2.41. The van der Waals surface area contributed by atoms with E-state index in [-0.39, 0.29) is 18.0 Å². The van der Waals surface area contributed by atoms with Crippen molar-refractivity contribution in [1.82, 2.24) is 14.9 Å². The SMILES string of the molecule is Cc1cc(OC2CCN(C(C)c3ccc4c(n3)OCCO4)CC2)c(F)c(C)n1. The van der Waals surface area contributed by atoms with Crippen molar-refractivity contribution in [2.24, 2.45) is 0 Å². The molecule has 2 aliphatic heterocycles. The Bertz CT molecular complexity index is 853. The van der Waals surface area contributed by atoms with E-state index in [2.05, 4.69) is 21.8 Å². The van der Waals surface area contributed by atoms with Gasteiger partial charge in [0.05, 0.1) is 11.4 Å². The minimum Gasteiger partial charge on any atom is -0.487 e. The van der Waals surface area contributed by atoms with Gasteiger partial charge in [-0.2, -0.15) is 0 Å². The summed E-state index contributed by atoms with van der Waals surface area (Å²) in [6, 6.07) is 5.77. The Balaban J connectivity index is 1.37. The highest BCUT2D eigenvalue weighted by Crippen LogP contribution is 2.32. The second-order valence-electron chi connectivity index (χ2n) is 7.43. The minimum absolute atomic E-state index is 0.00683. The van der Waals surface area contributed by atoms with Gasteiger partial charge in [-0.05, 0) is 45.7 Å². The quantitative estimate of drug-likeness (QED) is 0.799. The van der Waals surface area contributed by atoms with Crippen molar-refractivity contribution in [3.63, 3.8) is 0 Å². The first-order valence-electron chi connectivity index (χ1n) is 9.82. The lowest BCUT2D eigenvalue weighted by atomic mass is 10.0. The van der Waals surface area contributed by atoms with Crippen molar-refractivity contribution < 1.29 is 18.6 Å². The monoisotopic (exact) mass is 387 g/mol. The number of hydrogen-bond donors (Lipinski definition) is 0. The fourth-order valence-corrected chi connectivity index (χ4v) is 3.79. The van der Waals surface area contributed by atoms with Crippen LogP contribution >= 0.6 is 0 Å². The topological polar surface area (TPSA) is 56.7 Å². The summed E-state index contributed by atoms with van der Waals surface area (Å²) in [7, 11) is 0. The summed E-state index contributed by atoms with van der Waals surface area (Å²) in [5.74, 6) is 1.24. The number of ether oxygens (including phenoxy) is 3. The highest BCUT2D eigenvalue weighted by molar-refractivity contribution is 5.36. The van der Waals surface area contributed by atoms with E-state index in [1.54, 1.807) is 13.0 Å². The number of rotatable bonds is 4. The Kier molecular flexibility index (Phi) is 5.35. The van der Waals surface area contributed by atoms with Crippen LogP contribution in [0.25, 0.3) is 0 Å². The third-order valence-electron chi connectivity index (χ3n) is 5.39. The number of piperidine rings is 1. The van der Waals surface area contributed by atoms with Crippen LogP contribution in [0, 0.1) is 19.7 Å². The zero-order valence-electron chi connectivity index (χ0n) is 16.6. The molecule has 28 heavy (non-hydrogen) atoms. The third-order valence-corrected chi connectivity index (χ3v) is 5.39. The van der Waals surface area contributed by atoms with E-state index in [1.807, 2.05) is 19.1 Å². The summed E-state index contributed by atoms with van der Waals surface area (Å²) in [6.45, 7) is 8.50. The van der Waals surface area contributed by atoms with Crippen molar-refractivity contribution in [2.45, 2.75) is 45.8 Å². The number of halogens is 1. The van der Waals surface area contributed by atoms with E-state index in [0.29, 0.717) is 36.3 Å². The smallest absolute Gasteiger partial charge is 0.257 e. The second kappa shape index (κ2) is 7.91. The molecular formula is C21H26FN3O3. The molecule has 0 aliphatic carbocycles. The average Bonchev–Trinajstić information content (AvgIpc) is 2.71. The Morgan fingerprint density at radius 1 is 1.14 bits per heavy atom. The largest absolute Gasteiger partial charge is 0.487 e. The molecule has 1 atom stereocenters. The van der Waals surface area contributed by atoms with Crippen LogP contribution in [0.4, 0.5) is 4.39 Å². The van der Waals surface area contributed by atoms with Gasteiger partial charge in [0.25, 0.3) is 5.88 Å². The minimum atomic E-state index is -0.359. The fraction of sp³-hybridized carbons (Fsp3) is 0.524. The van der Waals surface area contributed by atoms with Crippen molar-refractivity contribution in [3.8, 4) is 17.4 Å². The molecule has 2 aliphatic rings. The van der Waals surface area contributed by atoms with Crippen molar-refractivity contribution >= 4 is 0 Å². The first kappa shape index (κ1) is 18.9. The molecule has 0 radical (unpaired) electrons. The lowest BCUT2D eigenvalue weighted by molar-refractivity contribution is 0.0753. The third kappa shape index (κ3) is 3.90. The van der Waals surface area contributed by atoms with Gasteiger partial charge < -0.3 is 14.2 Å². The summed E-state index contributed by atoms with van der Waals surface area (Å²) in [5.41, 5.74) is 2.12. The van der Waals surface area contributed by atoms with Gasteiger partial charge >= 0.3 is 0 Å². The van der Waals surface area contributed by atoms with Crippen LogP contribution in [-0.4, -0.2) is 47.3 Å². The van der Waals surface area contributed by atoms with E-state index < -0.39 is 0 Å². The molecule has 6 nitrogen and oxygen atoms in total. The molecule has 1 fully saturated rings. The molecule has 0 N–H and O–H groups in total. The zero-order chi connectivity index (χ0) is 19.7. The summed E-state index contributed by atoms with van der Waals surface area (Å²) in [4.78, 5) is 11.1. The van der Waals surface area contributed by atoms with Gasteiger partial charge in [0.2, 0.25) is 0 Å². The number of hydrogen-bond acceptors (Lipinski definition) is 6. The highest BCUT2D eigenvalue weighted by atomic mass is 19.1. The molecule has 2 aromatic rings. The van der Waals surface area contributed by atoms with Gasteiger partial charge in [-0.25, -0.2) is 9.37 Å². The van der Waals surface area contributed by atoms with Gasteiger partial charge in [0.1, 0.15) is 19.3 Å². The predicted octanol–water partition coefficient (Wildman–Crippen LogP) is 3.61. The fourth-order valence-electron chi connectivity index (χ4n) is 3.79. The van der Waals surface area contributed by atoms with Gasteiger partial charge in [-0.1, -0.05) is 0 Å². The highest BCUT2D eigenvalue weighted by Gasteiger charge is 2.27. The standard InChI is InChI=1S/C21H26FN3O3/c1-13-12-19(20(22)14(2)23-13)28-16-6-8-25(9-7-16)15(3)17-4-5-18-21(24-17)27-11-10-26-18/h4-5,12,15-16H,6-11H2,1-3H3. The normalized spacial score (nSPS) is 18.7. The Morgan fingerprint density at radius 3 is 2.68 bits per heavy atom. The number of aromatic nitrogens is 2. The molecular weight excluding hydrogens is 361 g/mol. The van der Waals surface area contributed by atoms with E-state index in [1.165, 1.54) is 0 Å². The molecule has 0 saturated carbocycles. The first-order chi connectivity index (χ1) is 13.5. The van der Waals surface area contributed by atoms with Crippen molar-refractivity contribution in [1.29, 1.82) is 0 Å². The molecule has 1 unspecified atom stereocenters. The molecule has 2 aromatic heterocycles. The van der Waals surface area contributed by atoms with Crippen molar-refractivity contribution in [3.05, 3.63) is 41.1 Å². The summed E-state index contributed by atoms with van der Waals surface area (Å²) in [6.07, 6.45) is 1.69. The van der Waals surface area contributed by atoms with Crippen LogP contribution in [0.15, 0.2) is 18.2 Å². The lowest BCUT2D eigenvalue weighted by Gasteiger charge is -2.36. The number of fused-ring (bicyclic) bond motifs is 1. The van der Waals surface area contributed by atoms with Crippen LogP contribution in [-0.2, 0) is 0 Å². The van der Waals surface area contributed by atoms with Gasteiger partial charge in [-0.15, -0.1) is 0 Å². The Labute approximate surface area is 164 Å². The van der Waals surface area contributed by atoms with E-state index in [0.717, 1.165) is 37.3 Å². The van der Waals surface area contributed by atoms with Crippen LogP contribution in [0.5, 0.6) is 17.4 Å². The van der Waals surface area contributed by atoms with Gasteiger partial charge in [0.15, 0.2) is 17.3 Å². The second-order valence-corrected chi connectivity index (χ2v) is 7.43. The molecule has 7 heteroatoms. The maximum atomic E-state index is 14.3. The zero-order valence-corrected chi connectivity index (χ0v) is 16.6.